The summed E-state index contributed by atoms with van der Waals surface area (Å²) in [5, 5.41) is 3.78. The van der Waals surface area contributed by atoms with E-state index in [-0.39, 0.29) is 11.6 Å². The lowest BCUT2D eigenvalue weighted by atomic mass is 9.92. The second kappa shape index (κ2) is 6.36. The van der Waals surface area contributed by atoms with Crippen LogP contribution < -0.4 is 0 Å². The van der Waals surface area contributed by atoms with E-state index in [1.807, 2.05) is 0 Å². The maximum Gasteiger partial charge on any atom is 0.240 e. The number of rotatable bonds is 7. The van der Waals surface area contributed by atoms with Crippen LogP contribution in [0.3, 0.4) is 0 Å². The molecule has 0 aromatic carbocycles. The number of hydrogen-bond acceptors (Lipinski definition) is 6. The molecule has 7 heteroatoms. The normalized spacial score (nSPS) is 26.7. The smallest absolute Gasteiger partial charge is 0.240 e. The number of aromatic nitrogens is 2. The van der Waals surface area contributed by atoms with Gasteiger partial charge in [-0.1, -0.05) is 17.3 Å². The lowest BCUT2D eigenvalue weighted by Crippen LogP contribution is -2.36. The summed E-state index contributed by atoms with van der Waals surface area (Å²) in [4.78, 5) is 6.57. The van der Waals surface area contributed by atoms with Gasteiger partial charge in [-0.2, -0.15) is 4.98 Å². The average Bonchev–Trinajstić information content (AvgIpc) is 3.13. The van der Waals surface area contributed by atoms with E-state index in [1.54, 1.807) is 0 Å². The molecule has 1 aromatic rings. The van der Waals surface area contributed by atoms with Crippen LogP contribution in [0.1, 0.15) is 38.4 Å². The zero-order valence-corrected chi connectivity index (χ0v) is 14.8. The van der Waals surface area contributed by atoms with Crippen LogP contribution in [0.4, 0.5) is 0 Å². The topological polar surface area (TPSA) is 76.3 Å². The fourth-order valence-electron chi connectivity index (χ4n) is 3.68. The van der Waals surface area contributed by atoms with Crippen LogP contribution in [0, 0.1) is 17.8 Å². The van der Waals surface area contributed by atoms with Crippen LogP contribution in [0.25, 0.3) is 0 Å². The Morgan fingerprint density at radius 3 is 2.70 bits per heavy atom. The summed E-state index contributed by atoms with van der Waals surface area (Å²) in [5.41, 5.74) is 0. The molecule has 2 bridgehead atoms. The summed E-state index contributed by atoms with van der Waals surface area (Å²) < 4.78 is 27.8. The van der Waals surface area contributed by atoms with Crippen molar-refractivity contribution in [3.05, 3.63) is 23.9 Å². The van der Waals surface area contributed by atoms with E-state index in [0.717, 1.165) is 12.5 Å². The molecule has 0 aliphatic heterocycles. The Balaban J connectivity index is 1.62. The van der Waals surface area contributed by atoms with E-state index in [0.29, 0.717) is 30.3 Å². The van der Waals surface area contributed by atoms with Gasteiger partial charge in [-0.05, 0) is 44.4 Å². The van der Waals surface area contributed by atoms with Gasteiger partial charge >= 0.3 is 0 Å². The van der Waals surface area contributed by atoms with Crippen LogP contribution in [0.5, 0.6) is 0 Å². The zero-order chi connectivity index (χ0) is 16.6. The molecule has 0 N–H and O–H groups in total. The van der Waals surface area contributed by atoms with Gasteiger partial charge in [0.25, 0.3) is 0 Å². The molecule has 0 unspecified atom stereocenters. The quantitative estimate of drug-likeness (QED) is 0.708. The van der Waals surface area contributed by atoms with Gasteiger partial charge in [0, 0.05) is 18.8 Å². The fraction of sp³-hybridized carbons (Fsp3) is 0.750. The van der Waals surface area contributed by atoms with E-state index in [1.165, 1.54) is 19.1 Å². The second-order valence-corrected chi connectivity index (χ2v) is 9.38. The molecule has 0 radical (unpaired) electrons. The predicted molar refractivity (Wildman–Crippen MR) is 87.2 cm³/mol. The highest BCUT2D eigenvalue weighted by Gasteiger charge is 2.36. The van der Waals surface area contributed by atoms with Crippen LogP contribution in [0.2, 0.25) is 0 Å². The highest BCUT2D eigenvalue weighted by Crippen LogP contribution is 2.43. The molecule has 2 aliphatic carbocycles. The number of sulfone groups is 1. The Kier molecular flexibility index (Phi) is 4.60. The van der Waals surface area contributed by atoms with Crippen LogP contribution in [0.15, 0.2) is 16.7 Å². The SMILES string of the molecule is CC(C)N(Cc1nc(CS(C)(=O)=O)no1)C[C@@H]1C[C@H]2C=C[C@H]1C2. The van der Waals surface area contributed by atoms with E-state index < -0.39 is 9.84 Å². The van der Waals surface area contributed by atoms with Crippen molar-refractivity contribution in [3.63, 3.8) is 0 Å². The van der Waals surface area contributed by atoms with E-state index in [4.69, 9.17) is 4.52 Å². The van der Waals surface area contributed by atoms with Crippen molar-refractivity contribution in [3.8, 4) is 0 Å². The van der Waals surface area contributed by atoms with E-state index in [9.17, 15) is 8.42 Å². The molecule has 0 amide bonds. The van der Waals surface area contributed by atoms with Gasteiger partial charge < -0.3 is 4.52 Å². The first-order valence-electron chi connectivity index (χ1n) is 8.21. The largest absolute Gasteiger partial charge is 0.338 e. The van der Waals surface area contributed by atoms with Crippen molar-refractivity contribution in [2.45, 2.75) is 45.0 Å². The summed E-state index contributed by atoms with van der Waals surface area (Å²) in [7, 11) is -3.14. The highest BCUT2D eigenvalue weighted by atomic mass is 32.2. The predicted octanol–water partition coefficient (Wildman–Crippen LogP) is 2.04. The zero-order valence-electron chi connectivity index (χ0n) is 14.0. The molecular weight excluding hydrogens is 314 g/mol. The van der Waals surface area contributed by atoms with Gasteiger partial charge in [0.05, 0.1) is 6.54 Å². The minimum Gasteiger partial charge on any atom is -0.338 e. The second-order valence-electron chi connectivity index (χ2n) is 7.24. The summed E-state index contributed by atoms with van der Waals surface area (Å²) in [5.74, 6) is 2.75. The van der Waals surface area contributed by atoms with Gasteiger partial charge in [-0.25, -0.2) is 8.42 Å². The number of fused-ring (bicyclic) bond motifs is 2. The molecular formula is C16H25N3O3S. The first kappa shape index (κ1) is 16.6. The Morgan fingerprint density at radius 1 is 1.35 bits per heavy atom. The molecule has 1 heterocycles. The number of nitrogens with zero attached hydrogens (tertiary/aromatic N) is 3. The summed E-state index contributed by atoms with van der Waals surface area (Å²) in [6, 6.07) is 0.378. The van der Waals surface area contributed by atoms with Gasteiger partial charge in [0.15, 0.2) is 15.7 Å². The maximum atomic E-state index is 11.3. The molecule has 128 valence electrons. The number of hydrogen-bond donors (Lipinski definition) is 0. The fourth-order valence-corrected chi connectivity index (χ4v) is 4.27. The molecule has 0 spiro atoms. The molecule has 1 aromatic heterocycles. The molecule has 23 heavy (non-hydrogen) atoms. The maximum absolute atomic E-state index is 11.3. The summed E-state index contributed by atoms with van der Waals surface area (Å²) in [6.07, 6.45) is 8.47. The highest BCUT2D eigenvalue weighted by molar-refractivity contribution is 7.89. The van der Waals surface area contributed by atoms with Crippen molar-refractivity contribution >= 4 is 9.84 Å². The number of allylic oxidation sites excluding steroid dienone is 2. The third-order valence-electron chi connectivity index (χ3n) is 4.86. The standard InChI is InChI=1S/C16H25N3O3S/c1-11(2)19(8-14-7-12-4-5-13(14)6-12)9-16-17-15(18-22-16)10-23(3,20)21/h4-5,11-14H,6-10H2,1-3H3/t12-,13-,14-/m0/s1. The van der Waals surface area contributed by atoms with E-state index >= 15 is 0 Å². The van der Waals surface area contributed by atoms with Crippen LogP contribution >= 0.6 is 0 Å². The van der Waals surface area contributed by atoms with Crippen LogP contribution in [-0.4, -0.2) is 42.3 Å². The van der Waals surface area contributed by atoms with Crippen molar-refractivity contribution in [2.24, 2.45) is 17.8 Å². The van der Waals surface area contributed by atoms with Crippen molar-refractivity contribution in [1.82, 2.24) is 15.0 Å². The van der Waals surface area contributed by atoms with Gasteiger partial charge in [-0.3, -0.25) is 4.90 Å². The van der Waals surface area contributed by atoms with Crippen molar-refractivity contribution in [2.75, 3.05) is 12.8 Å². The Morgan fingerprint density at radius 2 is 2.13 bits per heavy atom. The Hall–Kier alpha value is -1.21. The lowest BCUT2D eigenvalue weighted by molar-refractivity contribution is 0.148. The Bertz CT molecular complexity index is 680. The van der Waals surface area contributed by atoms with Crippen molar-refractivity contribution in [1.29, 1.82) is 0 Å². The molecule has 3 atom stereocenters. The monoisotopic (exact) mass is 339 g/mol. The van der Waals surface area contributed by atoms with Crippen molar-refractivity contribution < 1.29 is 12.9 Å². The third-order valence-corrected chi connectivity index (χ3v) is 5.64. The average molecular weight is 339 g/mol. The molecule has 6 nitrogen and oxygen atoms in total. The molecule has 3 rings (SSSR count). The Labute approximate surface area is 137 Å². The molecule has 1 fully saturated rings. The minimum atomic E-state index is -3.14. The van der Waals surface area contributed by atoms with E-state index in [2.05, 4.69) is 41.0 Å². The molecule has 2 aliphatic rings. The van der Waals surface area contributed by atoms with Crippen LogP contribution in [-0.2, 0) is 22.1 Å². The van der Waals surface area contributed by atoms with Gasteiger partial charge in [0.2, 0.25) is 5.89 Å². The summed E-state index contributed by atoms with van der Waals surface area (Å²) in [6.45, 7) is 5.92. The van der Waals surface area contributed by atoms with Gasteiger partial charge in [0.1, 0.15) is 5.75 Å². The first-order valence-corrected chi connectivity index (χ1v) is 10.3. The molecule has 1 saturated carbocycles. The lowest BCUT2D eigenvalue weighted by Gasteiger charge is -2.30. The van der Waals surface area contributed by atoms with Gasteiger partial charge in [-0.15, -0.1) is 0 Å². The molecule has 0 saturated heterocycles. The third kappa shape index (κ3) is 4.20. The first-order chi connectivity index (χ1) is 10.8. The summed E-state index contributed by atoms with van der Waals surface area (Å²) >= 11 is 0. The minimum absolute atomic E-state index is 0.171.